The Hall–Kier alpha value is -0.820. The monoisotopic (exact) mass is 359 g/mol. The maximum Gasteiger partial charge on any atom is 0.194 e. The fourth-order valence-electron chi connectivity index (χ4n) is 3.60. The molecule has 1 saturated carbocycles. The van der Waals surface area contributed by atoms with E-state index >= 15 is 0 Å². The molecule has 1 atom stereocenters. The van der Waals surface area contributed by atoms with Crippen LogP contribution in [-0.4, -0.2) is 66.7 Å². The largest absolute Gasteiger partial charge is 0.388 e. The summed E-state index contributed by atoms with van der Waals surface area (Å²) in [6.07, 6.45) is 5.27. The summed E-state index contributed by atoms with van der Waals surface area (Å²) in [6, 6.07) is 0. The van der Waals surface area contributed by atoms with Crippen LogP contribution in [-0.2, 0) is 9.84 Å². The second-order valence-corrected chi connectivity index (χ2v) is 10.0. The first-order valence-electron chi connectivity index (χ1n) is 9.23. The standard InChI is InChI=1S/C17H33N3O3S/c1-4-16(3,21)13-19-15(18-5-2)20-11-12-24(22,23)17(14-20)9-7-6-8-10-17/h21H,4-14H2,1-3H3,(H,18,19). The Morgan fingerprint density at radius 1 is 1.29 bits per heavy atom. The maximum absolute atomic E-state index is 12.7. The van der Waals surface area contributed by atoms with Crippen molar-refractivity contribution in [3.05, 3.63) is 0 Å². The Morgan fingerprint density at radius 3 is 2.54 bits per heavy atom. The molecule has 0 amide bonds. The zero-order valence-electron chi connectivity index (χ0n) is 15.3. The minimum atomic E-state index is -3.05. The Bertz CT molecular complexity index is 551. The van der Waals surface area contributed by atoms with Crippen molar-refractivity contribution in [2.45, 2.75) is 69.6 Å². The Morgan fingerprint density at radius 2 is 1.96 bits per heavy atom. The number of hydrogen-bond donors (Lipinski definition) is 2. The molecule has 0 aromatic rings. The molecule has 1 saturated heterocycles. The molecule has 1 spiro atoms. The molecule has 1 aliphatic heterocycles. The van der Waals surface area contributed by atoms with Gasteiger partial charge in [0.15, 0.2) is 15.8 Å². The third kappa shape index (κ3) is 4.23. The SMILES string of the molecule is CCNC(=NCC(C)(O)CC)N1CCS(=O)(=O)C2(CCCCC2)C1. The second kappa shape index (κ2) is 7.60. The lowest BCUT2D eigenvalue weighted by Gasteiger charge is -2.45. The number of hydrogen-bond acceptors (Lipinski definition) is 4. The van der Waals surface area contributed by atoms with Gasteiger partial charge in [-0.15, -0.1) is 0 Å². The van der Waals surface area contributed by atoms with Crippen LogP contribution in [0.1, 0.15) is 59.3 Å². The molecule has 2 N–H and O–H groups in total. The Kier molecular flexibility index (Phi) is 6.18. The molecule has 2 rings (SSSR count). The number of aliphatic imine (C=N–C) groups is 1. The summed E-state index contributed by atoms with van der Waals surface area (Å²) in [6.45, 7) is 7.77. The zero-order valence-corrected chi connectivity index (χ0v) is 16.2. The number of rotatable bonds is 4. The predicted octanol–water partition coefficient (Wildman–Crippen LogP) is 1.55. The minimum Gasteiger partial charge on any atom is -0.388 e. The van der Waals surface area contributed by atoms with Crippen LogP contribution in [0.2, 0.25) is 0 Å². The Labute approximate surface area is 146 Å². The molecule has 140 valence electrons. The van der Waals surface area contributed by atoms with Gasteiger partial charge >= 0.3 is 0 Å². The Balaban J connectivity index is 2.20. The zero-order chi connectivity index (χ0) is 17.8. The molecule has 2 aliphatic rings. The molecule has 7 heteroatoms. The van der Waals surface area contributed by atoms with Crippen molar-refractivity contribution >= 4 is 15.8 Å². The van der Waals surface area contributed by atoms with E-state index in [1.165, 1.54) is 0 Å². The first kappa shape index (κ1) is 19.5. The van der Waals surface area contributed by atoms with E-state index in [0.717, 1.165) is 44.6 Å². The van der Waals surface area contributed by atoms with Crippen LogP contribution in [0.15, 0.2) is 4.99 Å². The predicted molar refractivity (Wildman–Crippen MR) is 98.1 cm³/mol. The van der Waals surface area contributed by atoms with E-state index in [4.69, 9.17) is 0 Å². The van der Waals surface area contributed by atoms with Gasteiger partial charge < -0.3 is 15.3 Å². The molecule has 1 unspecified atom stereocenters. The van der Waals surface area contributed by atoms with Crippen LogP contribution in [0.25, 0.3) is 0 Å². The normalized spacial score (nSPS) is 26.2. The fourth-order valence-corrected chi connectivity index (χ4v) is 5.76. The van der Waals surface area contributed by atoms with Crippen LogP contribution < -0.4 is 5.32 Å². The summed E-state index contributed by atoms with van der Waals surface area (Å²) in [4.78, 5) is 6.68. The first-order chi connectivity index (χ1) is 11.3. The average Bonchev–Trinajstić information content (AvgIpc) is 2.55. The molecule has 0 aromatic heterocycles. The van der Waals surface area contributed by atoms with E-state index in [-0.39, 0.29) is 5.75 Å². The van der Waals surface area contributed by atoms with Gasteiger partial charge in [0.25, 0.3) is 0 Å². The van der Waals surface area contributed by atoms with Gasteiger partial charge in [-0.3, -0.25) is 4.99 Å². The molecule has 1 heterocycles. The molecule has 0 bridgehead atoms. The van der Waals surface area contributed by atoms with Gasteiger partial charge in [-0.05, 0) is 33.1 Å². The average molecular weight is 360 g/mol. The summed E-state index contributed by atoms with van der Waals surface area (Å²) in [5.74, 6) is 0.924. The van der Waals surface area contributed by atoms with Gasteiger partial charge in [0.05, 0.1) is 22.6 Å². The van der Waals surface area contributed by atoms with Crippen LogP contribution in [0, 0.1) is 0 Å². The van der Waals surface area contributed by atoms with Crippen LogP contribution in [0.5, 0.6) is 0 Å². The van der Waals surface area contributed by atoms with E-state index < -0.39 is 20.2 Å². The smallest absolute Gasteiger partial charge is 0.194 e. The van der Waals surface area contributed by atoms with E-state index in [9.17, 15) is 13.5 Å². The van der Waals surface area contributed by atoms with Crippen LogP contribution in [0.3, 0.4) is 0 Å². The number of nitrogens with one attached hydrogen (secondary N) is 1. The highest BCUT2D eigenvalue weighted by Crippen LogP contribution is 2.38. The van der Waals surface area contributed by atoms with E-state index in [0.29, 0.717) is 26.1 Å². The van der Waals surface area contributed by atoms with Gasteiger partial charge in [-0.1, -0.05) is 26.2 Å². The van der Waals surface area contributed by atoms with Gasteiger partial charge in [-0.2, -0.15) is 0 Å². The van der Waals surface area contributed by atoms with Crippen molar-refractivity contribution in [1.82, 2.24) is 10.2 Å². The number of guanidine groups is 1. The van der Waals surface area contributed by atoms with Crippen molar-refractivity contribution in [2.24, 2.45) is 4.99 Å². The highest BCUT2D eigenvalue weighted by atomic mass is 32.2. The van der Waals surface area contributed by atoms with Crippen molar-refractivity contribution in [3.8, 4) is 0 Å². The van der Waals surface area contributed by atoms with Crippen LogP contribution in [0.4, 0.5) is 0 Å². The molecule has 24 heavy (non-hydrogen) atoms. The lowest BCUT2D eigenvalue weighted by molar-refractivity contribution is 0.0653. The summed E-state index contributed by atoms with van der Waals surface area (Å²) in [7, 11) is -3.05. The third-order valence-electron chi connectivity index (χ3n) is 5.50. The van der Waals surface area contributed by atoms with Gasteiger partial charge in [0, 0.05) is 19.6 Å². The molecule has 2 fully saturated rings. The maximum atomic E-state index is 12.7. The summed E-state index contributed by atoms with van der Waals surface area (Å²) < 4.78 is 24.8. The number of nitrogens with zero attached hydrogens (tertiary/aromatic N) is 2. The van der Waals surface area contributed by atoms with E-state index in [1.807, 2.05) is 13.8 Å². The van der Waals surface area contributed by atoms with Gasteiger partial charge in [0.1, 0.15) is 0 Å². The van der Waals surface area contributed by atoms with E-state index in [2.05, 4.69) is 15.2 Å². The van der Waals surface area contributed by atoms with Crippen molar-refractivity contribution in [2.75, 3.05) is 31.9 Å². The van der Waals surface area contributed by atoms with Gasteiger partial charge in [-0.25, -0.2) is 8.42 Å². The molecular formula is C17H33N3O3S. The highest BCUT2D eigenvalue weighted by Gasteiger charge is 2.48. The molecule has 0 radical (unpaired) electrons. The number of sulfone groups is 1. The van der Waals surface area contributed by atoms with Crippen LogP contribution >= 0.6 is 0 Å². The van der Waals surface area contributed by atoms with E-state index in [1.54, 1.807) is 6.92 Å². The molecule has 1 aliphatic carbocycles. The first-order valence-corrected chi connectivity index (χ1v) is 10.9. The molecule has 6 nitrogen and oxygen atoms in total. The van der Waals surface area contributed by atoms with Crippen molar-refractivity contribution in [1.29, 1.82) is 0 Å². The van der Waals surface area contributed by atoms with Gasteiger partial charge in [0.2, 0.25) is 0 Å². The molecular weight excluding hydrogens is 326 g/mol. The summed E-state index contributed by atoms with van der Waals surface area (Å²) in [5.41, 5.74) is -0.828. The topological polar surface area (TPSA) is 82.0 Å². The van der Waals surface area contributed by atoms with Crippen molar-refractivity contribution in [3.63, 3.8) is 0 Å². The lowest BCUT2D eigenvalue weighted by atomic mass is 9.87. The minimum absolute atomic E-state index is 0.196. The van der Waals surface area contributed by atoms with Crippen molar-refractivity contribution < 1.29 is 13.5 Å². The fraction of sp³-hybridized carbons (Fsp3) is 0.941. The summed E-state index contributed by atoms with van der Waals surface area (Å²) in [5, 5.41) is 13.5. The second-order valence-electron chi connectivity index (χ2n) is 7.50. The lowest BCUT2D eigenvalue weighted by Crippen LogP contribution is -2.60. The summed E-state index contributed by atoms with van der Waals surface area (Å²) >= 11 is 0. The third-order valence-corrected chi connectivity index (χ3v) is 8.08. The number of aliphatic hydroxyl groups is 1. The quantitative estimate of drug-likeness (QED) is 0.588. The molecule has 0 aromatic carbocycles. The highest BCUT2D eigenvalue weighted by molar-refractivity contribution is 7.92.